The Labute approximate surface area is 188 Å². The number of fused-ring (bicyclic) bond motifs is 1. The van der Waals surface area contributed by atoms with Gasteiger partial charge in [0.25, 0.3) is 0 Å². The Morgan fingerprint density at radius 2 is 1.64 bits per heavy atom. The highest BCUT2D eigenvalue weighted by Crippen LogP contribution is 2.43. The summed E-state index contributed by atoms with van der Waals surface area (Å²) in [5, 5.41) is 0.482. The van der Waals surface area contributed by atoms with Gasteiger partial charge in [0.05, 0.1) is 29.9 Å². The molecule has 0 N–H and O–H groups in total. The highest BCUT2D eigenvalue weighted by Gasteiger charge is 2.36. The van der Waals surface area contributed by atoms with Crippen molar-refractivity contribution >= 4 is 27.9 Å². The topological polar surface area (TPSA) is 22.2 Å². The molecular weight excluding hydrogens is 464 g/mol. The number of nitrogens with zero attached hydrogens (tertiary/aromatic N) is 3. The van der Waals surface area contributed by atoms with Gasteiger partial charge in [-0.05, 0) is 38.1 Å². The van der Waals surface area contributed by atoms with Gasteiger partial charge >= 0.3 is 12.4 Å². The molecule has 0 aliphatic carbocycles. The Kier molecular flexibility index (Phi) is 5.48. The van der Waals surface area contributed by atoms with Crippen molar-refractivity contribution in [1.29, 1.82) is 0 Å². The summed E-state index contributed by atoms with van der Waals surface area (Å²) < 4.78 is 81.1. The Hall–Kier alpha value is -3.32. The smallest absolute Gasteiger partial charge is 0.340 e. The van der Waals surface area contributed by atoms with Gasteiger partial charge in [-0.2, -0.15) is 26.3 Å². The number of rotatable bonds is 3. The molecule has 0 saturated carbocycles. The molecule has 4 rings (SSSR count). The fourth-order valence-corrected chi connectivity index (χ4v) is 4.76. The molecule has 10 heteroatoms. The third-order valence-electron chi connectivity index (χ3n) is 5.33. The van der Waals surface area contributed by atoms with Gasteiger partial charge in [-0.25, -0.2) is 9.83 Å². The van der Waals surface area contributed by atoms with Gasteiger partial charge in [0.2, 0.25) is 0 Å². The molecule has 0 atom stereocenters. The van der Waals surface area contributed by atoms with E-state index in [-0.39, 0.29) is 11.9 Å². The van der Waals surface area contributed by atoms with Gasteiger partial charge in [-0.1, -0.05) is 18.2 Å². The Balaban J connectivity index is 1.74. The zero-order valence-electron chi connectivity index (χ0n) is 17.3. The van der Waals surface area contributed by atoms with E-state index < -0.39 is 29.2 Å². The van der Waals surface area contributed by atoms with Crippen LogP contribution in [0.1, 0.15) is 27.4 Å². The molecule has 0 bridgehead atoms. The van der Waals surface area contributed by atoms with Crippen LogP contribution in [-0.4, -0.2) is 9.55 Å². The lowest BCUT2D eigenvalue weighted by atomic mass is 10.1. The minimum atomic E-state index is -4.67. The van der Waals surface area contributed by atoms with E-state index >= 15 is 0 Å². The first kappa shape index (κ1) is 22.9. The second-order valence-electron chi connectivity index (χ2n) is 7.48. The molecule has 0 saturated heterocycles. The zero-order chi connectivity index (χ0) is 24.1. The lowest BCUT2D eigenvalue weighted by Gasteiger charge is -2.12. The summed E-state index contributed by atoms with van der Waals surface area (Å²) in [5.41, 5.74) is -0.0671. The van der Waals surface area contributed by atoms with Crippen molar-refractivity contribution in [3.05, 3.63) is 81.3 Å². The quantitative estimate of drug-likeness (QED) is 0.215. The second kappa shape index (κ2) is 7.92. The van der Waals surface area contributed by atoms with Crippen LogP contribution in [0.4, 0.5) is 32.0 Å². The molecule has 2 heterocycles. The average Bonchev–Trinajstić information content (AvgIpc) is 3.25. The van der Waals surface area contributed by atoms with Gasteiger partial charge in [-0.3, -0.25) is 0 Å². The maximum Gasteiger partial charge on any atom is 0.416 e. The van der Waals surface area contributed by atoms with Crippen LogP contribution in [0, 0.1) is 20.4 Å². The van der Waals surface area contributed by atoms with E-state index in [1.165, 1.54) is 41.7 Å². The fraction of sp³-hybridized carbons (Fsp3) is 0.217. The first-order chi connectivity index (χ1) is 15.4. The number of alkyl halides is 6. The summed E-state index contributed by atoms with van der Waals surface area (Å²) in [6, 6.07) is 8.76. The predicted molar refractivity (Wildman–Crippen MR) is 114 cm³/mol. The van der Waals surface area contributed by atoms with Crippen LogP contribution < -0.4 is 0 Å². The minimum Gasteiger partial charge on any atom is -0.340 e. The van der Waals surface area contributed by atoms with E-state index in [2.05, 4.69) is 9.83 Å². The molecule has 0 spiro atoms. The second-order valence-corrected chi connectivity index (χ2v) is 8.56. The van der Waals surface area contributed by atoms with Crippen LogP contribution in [0.25, 0.3) is 26.3 Å². The Morgan fingerprint density at radius 1 is 0.970 bits per heavy atom. The molecule has 170 valence electrons. The summed E-state index contributed by atoms with van der Waals surface area (Å²) in [6.07, 6.45) is -9.11. The van der Waals surface area contributed by atoms with Gasteiger partial charge in [0.15, 0.2) is 5.69 Å². The summed E-state index contributed by atoms with van der Waals surface area (Å²) in [7, 11) is 0. The highest BCUT2D eigenvalue weighted by molar-refractivity contribution is 7.15. The first-order valence-corrected chi connectivity index (χ1v) is 10.4. The van der Waals surface area contributed by atoms with Gasteiger partial charge in [-0.15, -0.1) is 11.3 Å². The van der Waals surface area contributed by atoms with Crippen LogP contribution in [0.2, 0.25) is 0 Å². The van der Waals surface area contributed by atoms with E-state index in [0.29, 0.717) is 27.5 Å². The van der Waals surface area contributed by atoms with E-state index in [0.717, 1.165) is 17.0 Å². The summed E-state index contributed by atoms with van der Waals surface area (Å²) in [5.74, 6) is 0. The van der Waals surface area contributed by atoms with Crippen molar-refractivity contribution in [1.82, 2.24) is 9.55 Å². The van der Waals surface area contributed by atoms with Gasteiger partial charge in [0.1, 0.15) is 5.01 Å². The number of hydrogen-bond acceptors (Lipinski definition) is 2. The zero-order valence-corrected chi connectivity index (χ0v) is 18.1. The normalized spacial score (nSPS) is 12.3. The van der Waals surface area contributed by atoms with E-state index in [4.69, 9.17) is 6.57 Å². The largest absolute Gasteiger partial charge is 0.416 e. The number of hydrogen-bond donors (Lipinski definition) is 0. The summed E-state index contributed by atoms with van der Waals surface area (Å²) >= 11 is 1.27. The third-order valence-corrected chi connectivity index (χ3v) is 6.52. The van der Waals surface area contributed by atoms with E-state index in [1.54, 1.807) is 18.4 Å². The van der Waals surface area contributed by atoms with Crippen LogP contribution in [0.5, 0.6) is 0 Å². The van der Waals surface area contributed by atoms with E-state index in [9.17, 15) is 26.3 Å². The van der Waals surface area contributed by atoms with Gasteiger partial charge in [0, 0.05) is 27.0 Å². The van der Waals surface area contributed by atoms with E-state index in [1.807, 2.05) is 0 Å². The van der Waals surface area contributed by atoms with Crippen molar-refractivity contribution < 1.29 is 26.3 Å². The molecule has 2 aromatic carbocycles. The molecule has 4 aromatic rings. The third kappa shape index (κ3) is 4.20. The summed E-state index contributed by atoms with van der Waals surface area (Å²) in [4.78, 5) is 8.25. The Bertz CT molecular complexity index is 1390. The maximum atomic E-state index is 13.7. The van der Waals surface area contributed by atoms with Crippen molar-refractivity contribution in [3.8, 4) is 10.6 Å². The molecule has 3 nitrogen and oxygen atoms in total. The molecule has 33 heavy (non-hydrogen) atoms. The Morgan fingerprint density at radius 3 is 2.21 bits per heavy atom. The van der Waals surface area contributed by atoms with Crippen LogP contribution in [0.3, 0.4) is 0 Å². The lowest BCUT2D eigenvalue weighted by molar-refractivity contribution is -0.137. The number of aromatic nitrogens is 2. The number of halogens is 6. The molecule has 0 aliphatic heterocycles. The standard InChI is InChI=1S/C23H15F6N3S/c1-12-10-16-18(9-8-17(30-3)20(16)23(27,28)29)32(12)11-19-13(2)31-21(33-19)14-4-6-15(7-5-14)22(24,25)26/h4-10H,11H2,1-2H3. The van der Waals surface area contributed by atoms with Gasteiger partial charge < -0.3 is 4.57 Å². The molecule has 0 aliphatic rings. The average molecular weight is 479 g/mol. The molecule has 0 fully saturated rings. The fourth-order valence-electron chi connectivity index (χ4n) is 3.70. The van der Waals surface area contributed by atoms with Crippen molar-refractivity contribution in [3.63, 3.8) is 0 Å². The van der Waals surface area contributed by atoms with Crippen molar-refractivity contribution in [2.24, 2.45) is 0 Å². The number of aryl methyl sites for hydroxylation is 2. The lowest BCUT2D eigenvalue weighted by Crippen LogP contribution is -2.06. The SMILES string of the molecule is [C-]#[N+]c1ccc2c(cc(C)n2Cc2sc(-c3ccc(C(F)(F)F)cc3)nc2C)c1C(F)(F)F. The van der Waals surface area contributed by atoms with Crippen molar-refractivity contribution in [2.75, 3.05) is 0 Å². The van der Waals surface area contributed by atoms with Crippen molar-refractivity contribution in [2.45, 2.75) is 32.7 Å². The summed E-state index contributed by atoms with van der Waals surface area (Å²) in [6.45, 7) is 10.8. The van der Waals surface area contributed by atoms with Crippen LogP contribution in [-0.2, 0) is 18.9 Å². The number of thiazole rings is 1. The molecular formula is C23H15F6N3S. The first-order valence-electron chi connectivity index (χ1n) is 9.61. The number of benzene rings is 2. The monoisotopic (exact) mass is 479 g/mol. The molecule has 0 amide bonds. The molecule has 0 radical (unpaired) electrons. The minimum absolute atomic E-state index is 0.0429. The molecule has 2 aromatic heterocycles. The van der Waals surface area contributed by atoms with Crippen LogP contribution in [0.15, 0.2) is 42.5 Å². The van der Waals surface area contributed by atoms with Crippen LogP contribution >= 0.6 is 11.3 Å². The molecule has 0 unspecified atom stereocenters. The predicted octanol–water partition coefficient (Wildman–Crippen LogP) is 8.02. The maximum absolute atomic E-state index is 13.7. The highest BCUT2D eigenvalue weighted by atomic mass is 32.1.